The molecule has 108 valence electrons. The van der Waals surface area contributed by atoms with Gasteiger partial charge >= 0.3 is 0 Å². The van der Waals surface area contributed by atoms with Gasteiger partial charge in [-0.25, -0.2) is 13.6 Å². The first-order valence-corrected chi connectivity index (χ1v) is 7.98. The fraction of sp³-hybridized carbons (Fsp3) is 0.455. The molecule has 0 heterocycles. The zero-order valence-electron chi connectivity index (χ0n) is 10.5. The molecular weight excluding hydrogens is 338 g/mol. The van der Waals surface area contributed by atoms with E-state index in [1.807, 2.05) is 0 Å². The summed E-state index contributed by atoms with van der Waals surface area (Å²) in [5.74, 6) is 1.19. The van der Waals surface area contributed by atoms with Crippen LogP contribution in [-0.2, 0) is 14.8 Å². The SMILES string of the molecule is COc1ccc(OCCOCCS(N)(=O)=O)c(Br)c1. The van der Waals surface area contributed by atoms with E-state index in [4.69, 9.17) is 19.3 Å². The molecule has 0 saturated heterocycles. The lowest BCUT2D eigenvalue weighted by Crippen LogP contribution is -2.21. The quantitative estimate of drug-likeness (QED) is 0.708. The van der Waals surface area contributed by atoms with Crippen LogP contribution in [0.4, 0.5) is 0 Å². The molecule has 0 saturated carbocycles. The first-order chi connectivity index (χ1) is 8.92. The molecule has 0 amide bonds. The maximum atomic E-state index is 10.6. The summed E-state index contributed by atoms with van der Waals surface area (Å²) in [5, 5.41) is 4.83. The Bertz CT molecular complexity index is 506. The van der Waals surface area contributed by atoms with E-state index in [9.17, 15) is 8.42 Å². The van der Waals surface area contributed by atoms with Gasteiger partial charge in [0.2, 0.25) is 10.0 Å². The third-order valence-corrected chi connectivity index (χ3v) is 3.49. The summed E-state index contributed by atoms with van der Waals surface area (Å²) in [6, 6.07) is 5.34. The van der Waals surface area contributed by atoms with Crippen molar-refractivity contribution in [3.05, 3.63) is 22.7 Å². The van der Waals surface area contributed by atoms with Gasteiger partial charge in [0, 0.05) is 0 Å². The summed E-state index contributed by atoms with van der Waals surface area (Å²) in [6.07, 6.45) is 0. The molecule has 0 bridgehead atoms. The minimum atomic E-state index is -3.47. The summed E-state index contributed by atoms with van der Waals surface area (Å²) in [6.45, 7) is 0.662. The molecule has 6 nitrogen and oxygen atoms in total. The molecule has 0 aliphatic rings. The zero-order chi connectivity index (χ0) is 14.3. The molecule has 2 N–H and O–H groups in total. The van der Waals surface area contributed by atoms with Crippen molar-refractivity contribution in [1.82, 2.24) is 0 Å². The lowest BCUT2D eigenvalue weighted by atomic mass is 10.3. The number of hydrogen-bond donors (Lipinski definition) is 1. The highest BCUT2D eigenvalue weighted by Crippen LogP contribution is 2.28. The monoisotopic (exact) mass is 353 g/mol. The van der Waals surface area contributed by atoms with Gasteiger partial charge in [0.1, 0.15) is 18.1 Å². The van der Waals surface area contributed by atoms with Crippen molar-refractivity contribution in [1.29, 1.82) is 0 Å². The molecule has 8 heteroatoms. The lowest BCUT2D eigenvalue weighted by Gasteiger charge is -2.09. The molecule has 1 aromatic carbocycles. The average molecular weight is 354 g/mol. The number of nitrogens with two attached hydrogens (primary N) is 1. The van der Waals surface area contributed by atoms with Crippen LogP contribution in [0.1, 0.15) is 0 Å². The van der Waals surface area contributed by atoms with E-state index in [-0.39, 0.29) is 19.0 Å². The second kappa shape index (κ2) is 7.68. The highest BCUT2D eigenvalue weighted by molar-refractivity contribution is 9.10. The summed E-state index contributed by atoms with van der Waals surface area (Å²) in [4.78, 5) is 0. The van der Waals surface area contributed by atoms with E-state index in [0.717, 1.165) is 10.2 Å². The smallest absolute Gasteiger partial charge is 0.211 e. The van der Waals surface area contributed by atoms with Crippen molar-refractivity contribution in [2.45, 2.75) is 0 Å². The maximum absolute atomic E-state index is 10.6. The summed E-state index contributed by atoms with van der Waals surface area (Å²) < 4.78 is 37.7. The summed E-state index contributed by atoms with van der Waals surface area (Å²) in [5.41, 5.74) is 0. The van der Waals surface area contributed by atoms with Crippen LogP contribution < -0.4 is 14.6 Å². The maximum Gasteiger partial charge on any atom is 0.211 e. The molecule has 1 rings (SSSR count). The van der Waals surface area contributed by atoms with Crippen LogP contribution in [0.5, 0.6) is 11.5 Å². The molecule has 1 aromatic rings. The van der Waals surface area contributed by atoms with E-state index >= 15 is 0 Å². The molecule has 0 aliphatic carbocycles. The topological polar surface area (TPSA) is 87.8 Å². The van der Waals surface area contributed by atoms with Gasteiger partial charge in [-0.15, -0.1) is 0 Å². The third kappa shape index (κ3) is 6.76. The average Bonchev–Trinajstić information content (AvgIpc) is 2.33. The fourth-order valence-corrected chi connectivity index (χ4v) is 2.04. The lowest BCUT2D eigenvalue weighted by molar-refractivity contribution is 0.111. The van der Waals surface area contributed by atoms with Crippen molar-refractivity contribution in [3.63, 3.8) is 0 Å². The largest absolute Gasteiger partial charge is 0.497 e. The molecule has 0 radical (unpaired) electrons. The van der Waals surface area contributed by atoms with Crippen LogP contribution in [0, 0.1) is 0 Å². The Morgan fingerprint density at radius 1 is 1.26 bits per heavy atom. The predicted molar refractivity (Wildman–Crippen MR) is 75.0 cm³/mol. The zero-order valence-corrected chi connectivity index (χ0v) is 12.9. The van der Waals surface area contributed by atoms with E-state index in [0.29, 0.717) is 12.4 Å². The second-order valence-electron chi connectivity index (χ2n) is 3.62. The van der Waals surface area contributed by atoms with E-state index in [1.165, 1.54) is 0 Å². The molecule has 0 atom stereocenters. The number of rotatable bonds is 8. The third-order valence-electron chi connectivity index (χ3n) is 2.14. The van der Waals surface area contributed by atoms with Gasteiger partial charge < -0.3 is 14.2 Å². The number of hydrogen-bond acceptors (Lipinski definition) is 5. The fourth-order valence-electron chi connectivity index (χ4n) is 1.21. The number of benzene rings is 1. The normalized spacial score (nSPS) is 11.3. The second-order valence-corrected chi connectivity index (χ2v) is 6.21. The van der Waals surface area contributed by atoms with Gasteiger partial charge in [-0.05, 0) is 34.1 Å². The Morgan fingerprint density at radius 3 is 2.58 bits per heavy atom. The number of ether oxygens (including phenoxy) is 3. The van der Waals surface area contributed by atoms with Gasteiger partial charge in [0.05, 0.1) is 30.5 Å². The molecular formula is C11H16BrNO5S. The Morgan fingerprint density at radius 2 is 2.00 bits per heavy atom. The van der Waals surface area contributed by atoms with Gasteiger partial charge in [0.15, 0.2) is 0 Å². The first-order valence-electron chi connectivity index (χ1n) is 5.47. The summed E-state index contributed by atoms with van der Waals surface area (Å²) in [7, 11) is -1.88. The molecule has 0 aliphatic heterocycles. The molecule has 0 fully saturated rings. The number of sulfonamides is 1. The van der Waals surface area contributed by atoms with Crippen molar-refractivity contribution in [2.24, 2.45) is 5.14 Å². The van der Waals surface area contributed by atoms with E-state index in [1.54, 1.807) is 25.3 Å². The molecule has 0 spiro atoms. The van der Waals surface area contributed by atoms with Gasteiger partial charge in [-0.3, -0.25) is 0 Å². The Hall–Kier alpha value is -0.830. The number of halogens is 1. The first kappa shape index (κ1) is 16.2. The van der Waals surface area contributed by atoms with Crippen LogP contribution in [0.15, 0.2) is 22.7 Å². The van der Waals surface area contributed by atoms with Gasteiger partial charge in [0.25, 0.3) is 0 Å². The van der Waals surface area contributed by atoms with Crippen LogP contribution in [-0.4, -0.2) is 41.1 Å². The predicted octanol–water partition coefficient (Wildman–Crippen LogP) is 1.14. The van der Waals surface area contributed by atoms with Gasteiger partial charge in [-0.2, -0.15) is 0 Å². The molecule has 0 unspecified atom stereocenters. The highest BCUT2D eigenvalue weighted by atomic mass is 79.9. The van der Waals surface area contributed by atoms with Crippen molar-refractivity contribution >= 4 is 26.0 Å². The standard InChI is InChI=1S/C11H16BrNO5S/c1-16-9-2-3-11(10(12)8-9)18-5-4-17-6-7-19(13,14)15/h2-3,8H,4-7H2,1H3,(H2,13,14,15). The van der Waals surface area contributed by atoms with E-state index < -0.39 is 10.0 Å². The van der Waals surface area contributed by atoms with Crippen molar-refractivity contribution in [3.8, 4) is 11.5 Å². The van der Waals surface area contributed by atoms with Crippen LogP contribution in [0.3, 0.4) is 0 Å². The Labute approximate surface area is 121 Å². The van der Waals surface area contributed by atoms with Gasteiger partial charge in [-0.1, -0.05) is 0 Å². The highest BCUT2D eigenvalue weighted by Gasteiger charge is 2.04. The van der Waals surface area contributed by atoms with Crippen molar-refractivity contribution in [2.75, 3.05) is 32.7 Å². The van der Waals surface area contributed by atoms with E-state index in [2.05, 4.69) is 15.9 Å². The minimum absolute atomic E-state index is 0.0615. The Balaban J connectivity index is 2.26. The summed E-state index contributed by atoms with van der Waals surface area (Å²) >= 11 is 3.36. The number of primary sulfonamides is 1. The molecule has 19 heavy (non-hydrogen) atoms. The Kier molecular flexibility index (Phi) is 6.56. The van der Waals surface area contributed by atoms with Crippen LogP contribution >= 0.6 is 15.9 Å². The van der Waals surface area contributed by atoms with Crippen LogP contribution in [0.25, 0.3) is 0 Å². The molecule has 0 aromatic heterocycles. The minimum Gasteiger partial charge on any atom is -0.497 e. The van der Waals surface area contributed by atoms with Crippen molar-refractivity contribution < 1.29 is 22.6 Å². The van der Waals surface area contributed by atoms with Crippen LogP contribution in [0.2, 0.25) is 0 Å². The number of methoxy groups -OCH3 is 1.